The number of nitrogens with zero attached hydrogens (tertiary/aromatic N) is 1. The van der Waals surface area contributed by atoms with Gasteiger partial charge in [0, 0.05) is 17.8 Å². The van der Waals surface area contributed by atoms with Gasteiger partial charge in [0.2, 0.25) is 0 Å². The molecule has 1 saturated carbocycles. The molecule has 1 fully saturated rings. The molecule has 0 saturated heterocycles. The number of carbonyl (C=O) groups excluding carboxylic acids is 2. The van der Waals surface area contributed by atoms with Gasteiger partial charge in [0.05, 0.1) is 21.6 Å². The lowest BCUT2D eigenvalue weighted by Crippen LogP contribution is -2.25. The van der Waals surface area contributed by atoms with Crippen molar-refractivity contribution in [1.82, 2.24) is 5.32 Å². The maximum absolute atomic E-state index is 12.0. The van der Waals surface area contributed by atoms with Crippen LogP contribution < -0.4 is 15.4 Å². The molecule has 0 heterocycles. The fourth-order valence-corrected chi connectivity index (χ4v) is 2.57. The molecule has 0 aliphatic heterocycles. The molecule has 2 amide bonds. The van der Waals surface area contributed by atoms with E-state index in [0.717, 1.165) is 12.8 Å². The Morgan fingerprint density at radius 2 is 2.00 bits per heavy atom. The first-order valence-electron chi connectivity index (χ1n) is 8.20. The van der Waals surface area contributed by atoms with Crippen molar-refractivity contribution < 1.29 is 19.2 Å². The van der Waals surface area contributed by atoms with Crippen LogP contribution in [0.5, 0.6) is 5.75 Å². The molecule has 3 rings (SSSR count). The van der Waals surface area contributed by atoms with Crippen molar-refractivity contribution in [3.63, 3.8) is 0 Å². The highest BCUT2D eigenvalue weighted by molar-refractivity contribution is 6.34. The molecule has 2 aromatic carbocycles. The van der Waals surface area contributed by atoms with Gasteiger partial charge in [-0.15, -0.1) is 0 Å². The zero-order valence-electron chi connectivity index (χ0n) is 14.1. The minimum atomic E-state index is -0.546. The molecule has 2 aromatic rings. The van der Waals surface area contributed by atoms with Gasteiger partial charge in [-0.1, -0.05) is 17.7 Å². The van der Waals surface area contributed by atoms with Crippen LogP contribution in [0.15, 0.2) is 42.5 Å². The van der Waals surface area contributed by atoms with Crippen molar-refractivity contribution in [3.05, 3.63) is 63.2 Å². The number of nitro benzene ring substituents is 1. The molecule has 9 heteroatoms. The monoisotopic (exact) mass is 389 g/mol. The van der Waals surface area contributed by atoms with E-state index in [1.807, 2.05) is 0 Å². The van der Waals surface area contributed by atoms with Gasteiger partial charge in [0.25, 0.3) is 17.5 Å². The number of hydrogen-bond acceptors (Lipinski definition) is 5. The molecule has 0 bridgehead atoms. The quantitative estimate of drug-likeness (QED) is 0.558. The van der Waals surface area contributed by atoms with E-state index in [-0.39, 0.29) is 35.0 Å². The Kier molecular flexibility index (Phi) is 5.56. The Hall–Kier alpha value is -3.13. The van der Waals surface area contributed by atoms with Crippen LogP contribution in [0, 0.1) is 10.1 Å². The van der Waals surface area contributed by atoms with Crippen LogP contribution in [-0.2, 0) is 4.79 Å². The zero-order valence-corrected chi connectivity index (χ0v) is 14.9. The smallest absolute Gasteiger partial charge is 0.273 e. The Morgan fingerprint density at radius 3 is 2.67 bits per heavy atom. The zero-order chi connectivity index (χ0) is 19.4. The molecule has 27 heavy (non-hydrogen) atoms. The van der Waals surface area contributed by atoms with E-state index in [1.54, 1.807) is 6.07 Å². The van der Waals surface area contributed by atoms with Crippen LogP contribution in [0.3, 0.4) is 0 Å². The number of hydrogen-bond donors (Lipinski definition) is 2. The van der Waals surface area contributed by atoms with Crippen molar-refractivity contribution in [2.24, 2.45) is 0 Å². The number of rotatable bonds is 7. The Labute approximate surface area is 159 Å². The van der Waals surface area contributed by atoms with Gasteiger partial charge in [-0.3, -0.25) is 19.7 Å². The fraction of sp³-hybridized carbons (Fsp3) is 0.222. The van der Waals surface area contributed by atoms with Gasteiger partial charge in [0.1, 0.15) is 5.75 Å². The number of ether oxygens (including phenoxy) is 1. The molecule has 140 valence electrons. The van der Waals surface area contributed by atoms with Gasteiger partial charge in [-0.05, 0) is 37.1 Å². The largest absolute Gasteiger partial charge is 0.484 e. The second kappa shape index (κ2) is 8.05. The summed E-state index contributed by atoms with van der Waals surface area (Å²) in [7, 11) is 0. The summed E-state index contributed by atoms with van der Waals surface area (Å²) in [5.41, 5.74) is 0.629. The second-order valence-corrected chi connectivity index (χ2v) is 6.44. The number of carbonyl (C=O) groups is 2. The van der Waals surface area contributed by atoms with Crippen molar-refractivity contribution in [2.75, 3.05) is 11.9 Å². The summed E-state index contributed by atoms with van der Waals surface area (Å²) in [6.07, 6.45) is 1.95. The number of amides is 2. The van der Waals surface area contributed by atoms with E-state index >= 15 is 0 Å². The van der Waals surface area contributed by atoms with Crippen molar-refractivity contribution in [2.45, 2.75) is 18.9 Å². The minimum absolute atomic E-state index is 0.125. The lowest BCUT2D eigenvalue weighted by Gasteiger charge is -2.10. The van der Waals surface area contributed by atoms with Crippen LogP contribution >= 0.6 is 11.6 Å². The molecule has 8 nitrogen and oxygen atoms in total. The van der Waals surface area contributed by atoms with Crippen molar-refractivity contribution >= 4 is 34.8 Å². The average molecular weight is 390 g/mol. The molecule has 0 unspecified atom stereocenters. The standard InChI is InChI=1S/C18H16ClN3O5/c19-16-8-12(6-7-15(16)18(24)21-11-4-5-11)20-17(23)10-27-14-3-1-2-13(9-14)22(25)26/h1-3,6-9,11H,4-5,10H2,(H,20,23)(H,21,24). The second-order valence-electron chi connectivity index (χ2n) is 6.03. The molecular weight excluding hydrogens is 374 g/mol. The van der Waals surface area contributed by atoms with Crippen molar-refractivity contribution in [3.8, 4) is 5.75 Å². The predicted molar refractivity (Wildman–Crippen MR) is 99.2 cm³/mol. The van der Waals surface area contributed by atoms with E-state index in [0.29, 0.717) is 11.3 Å². The highest BCUT2D eigenvalue weighted by Crippen LogP contribution is 2.24. The molecular formula is C18H16ClN3O5. The first-order valence-corrected chi connectivity index (χ1v) is 8.57. The third-order valence-corrected chi connectivity index (χ3v) is 4.12. The van der Waals surface area contributed by atoms with E-state index in [4.69, 9.17) is 16.3 Å². The number of non-ortho nitro benzene ring substituents is 1. The Morgan fingerprint density at radius 1 is 1.22 bits per heavy atom. The van der Waals surface area contributed by atoms with E-state index < -0.39 is 10.8 Å². The number of nitro groups is 1. The van der Waals surface area contributed by atoms with E-state index in [2.05, 4.69) is 10.6 Å². The lowest BCUT2D eigenvalue weighted by atomic mass is 10.2. The van der Waals surface area contributed by atoms with Crippen LogP contribution in [0.1, 0.15) is 23.2 Å². The highest BCUT2D eigenvalue weighted by atomic mass is 35.5. The topological polar surface area (TPSA) is 111 Å². The summed E-state index contributed by atoms with van der Waals surface area (Å²) >= 11 is 6.12. The van der Waals surface area contributed by atoms with Gasteiger partial charge >= 0.3 is 0 Å². The predicted octanol–water partition coefficient (Wildman–Crippen LogP) is 3.16. The van der Waals surface area contributed by atoms with Gasteiger partial charge in [-0.2, -0.15) is 0 Å². The summed E-state index contributed by atoms with van der Waals surface area (Å²) in [4.78, 5) is 34.2. The van der Waals surface area contributed by atoms with Gasteiger partial charge < -0.3 is 15.4 Å². The van der Waals surface area contributed by atoms with Crippen LogP contribution in [-0.4, -0.2) is 29.4 Å². The van der Waals surface area contributed by atoms with E-state index in [9.17, 15) is 19.7 Å². The number of anilines is 1. The summed E-state index contributed by atoms with van der Waals surface area (Å²) in [5, 5.41) is 16.4. The maximum atomic E-state index is 12.0. The van der Waals surface area contributed by atoms with Crippen molar-refractivity contribution in [1.29, 1.82) is 0 Å². The average Bonchev–Trinajstić information content (AvgIpc) is 3.44. The number of nitrogens with one attached hydrogen (secondary N) is 2. The molecule has 0 atom stereocenters. The van der Waals surface area contributed by atoms with Crippen LogP contribution in [0.4, 0.5) is 11.4 Å². The normalized spacial score (nSPS) is 12.9. The molecule has 1 aliphatic carbocycles. The highest BCUT2D eigenvalue weighted by Gasteiger charge is 2.24. The van der Waals surface area contributed by atoms with Crippen LogP contribution in [0.2, 0.25) is 5.02 Å². The third-order valence-electron chi connectivity index (χ3n) is 3.81. The minimum Gasteiger partial charge on any atom is -0.484 e. The lowest BCUT2D eigenvalue weighted by molar-refractivity contribution is -0.384. The SMILES string of the molecule is O=C(COc1cccc([N+](=O)[O-])c1)Nc1ccc(C(=O)NC2CC2)c(Cl)c1. The first-order chi connectivity index (χ1) is 12.9. The maximum Gasteiger partial charge on any atom is 0.273 e. The molecule has 0 radical (unpaired) electrons. The summed E-state index contributed by atoms with van der Waals surface area (Å²) in [6, 6.07) is 10.4. The Bertz CT molecular complexity index is 898. The van der Waals surface area contributed by atoms with E-state index in [1.165, 1.54) is 36.4 Å². The summed E-state index contributed by atoms with van der Waals surface area (Å²) < 4.78 is 5.26. The molecule has 2 N–H and O–H groups in total. The number of benzene rings is 2. The van der Waals surface area contributed by atoms with Crippen LogP contribution in [0.25, 0.3) is 0 Å². The molecule has 1 aliphatic rings. The summed E-state index contributed by atoms with van der Waals surface area (Å²) in [6.45, 7) is -0.331. The Balaban J connectivity index is 1.56. The first kappa shape index (κ1) is 18.7. The fourth-order valence-electron chi connectivity index (χ4n) is 2.30. The van der Waals surface area contributed by atoms with Gasteiger partial charge in [0.15, 0.2) is 6.61 Å². The van der Waals surface area contributed by atoms with Gasteiger partial charge in [-0.25, -0.2) is 0 Å². The third kappa shape index (κ3) is 5.18. The molecule has 0 spiro atoms. The molecule has 0 aromatic heterocycles. The number of halogens is 1. The summed E-state index contributed by atoms with van der Waals surface area (Å²) in [5.74, 6) is -0.494.